The molecule has 2 aromatic heterocycles. The molecule has 0 radical (unpaired) electrons. The first-order valence-corrected chi connectivity index (χ1v) is 12.1. The Labute approximate surface area is 151 Å². The minimum absolute atomic E-state index is 1.37. The van der Waals surface area contributed by atoms with Crippen molar-refractivity contribution in [2.75, 3.05) is 0 Å². The predicted molar refractivity (Wildman–Crippen MR) is 114 cm³/mol. The van der Waals surface area contributed by atoms with Crippen molar-refractivity contribution < 1.29 is 0 Å². The average molecular weight is 377 g/mol. The highest BCUT2D eigenvalue weighted by atomic mass is 32.9. The second-order valence-corrected chi connectivity index (χ2v) is 10.7. The maximum absolute atomic E-state index is 2.31. The molecule has 0 spiro atoms. The van der Waals surface area contributed by atoms with Crippen LogP contribution in [0.25, 0.3) is 61.9 Å². The van der Waals surface area contributed by atoms with E-state index in [1.54, 1.807) is 0 Å². The minimum atomic E-state index is 1.37. The normalized spacial score (nSPS) is 13.0. The van der Waals surface area contributed by atoms with E-state index in [1.807, 2.05) is 41.4 Å². The van der Waals surface area contributed by atoms with Gasteiger partial charge in [-0.2, -0.15) is 0 Å². The molecule has 7 aromatic rings. The molecule has 0 amide bonds. The summed E-state index contributed by atoms with van der Waals surface area (Å²) in [5.74, 6) is 0. The van der Waals surface area contributed by atoms with Crippen LogP contribution < -0.4 is 0 Å². The monoisotopic (exact) mass is 376 g/mol. The molecule has 0 aliphatic heterocycles. The maximum Gasteiger partial charge on any atom is 0.0462 e. The summed E-state index contributed by atoms with van der Waals surface area (Å²) in [7, 11) is 7.64. The molecule has 0 N–H and O–H groups in total. The third-order valence-corrected chi connectivity index (χ3v) is 10.1. The lowest BCUT2D eigenvalue weighted by Crippen LogP contribution is -1.89. The molecule has 0 unspecified atom stereocenters. The van der Waals surface area contributed by atoms with Gasteiger partial charge in [0, 0.05) is 51.1 Å². The van der Waals surface area contributed by atoms with Crippen molar-refractivity contribution >= 4 is 103 Å². The molecule has 0 aliphatic rings. The SMILES string of the molecule is c1cc2ssc3ccc4ccc5ssc6ccc1c1c2c3c4c5c61. The molecule has 2 heterocycles. The van der Waals surface area contributed by atoms with Crippen molar-refractivity contribution in [2.24, 2.45) is 0 Å². The highest BCUT2D eigenvalue weighted by molar-refractivity contribution is 7.74. The van der Waals surface area contributed by atoms with E-state index in [-0.39, 0.29) is 0 Å². The molecule has 0 saturated carbocycles. The van der Waals surface area contributed by atoms with E-state index in [1.165, 1.54) is 61.9 Å². The van der Waals surface area contributed by atoms with Crippen LogP contribution in [0.5, 0.6) is 0 Å². The fraction of sp³-hybridized carbons (Fsp3) is 0. The van der Waals surface area contributed by atoms with Crippen molar-refractivity contribution in [3.05, 3.63) is 48.5 Å². The summed E-state index contributed by atoms with van der Waals surface area (Å²) >= 11 is 0. The van der Waals surface area contributed by atoms with Gasteiger partial charge in [-0.1, -0.05) is 65.6 Å². The third kappa shape index (κ3) is 1.30. The van der Waals surface area contributed by atoms with E-state index >= 15 is 0 Å². The van der Waals surface area contributed by atoms with E-state index in [9.17, 15) is 0 Å². The summed E-state index contributed by atoms with van der Waals surface area (Å²) in [6.07, 6.45) is 0. The topological polar surface area (TPSA) is 0 Å². The van der Waals surface area contributed by atoms with Crippen LogP contribution in [0, 0.1) is 0 Å². The lowest BCUT2D eigenvalue weighted by Gasteiger charge is -2.18. The lowest BCUT2D eigenvalue weighted by atomic mass is 9.90. The van der Waals surface area contributed by atoms with Gasteiger partial charge in [0.2, 0.25) is 0 Å². The highest BCUT2D eigenvalue weighted by Crippen LogP contribution is 2.51. The second kappa shape index (κ2) is 4.09. The summed E-state index contributed by atoms with van der Waals surface area (Å²) in [5.41, 5.74) is 0. The molecule has 0 bridgehead atoms. The Morgan fingerprint density at radius 1 is 0.333 bits per heavy atom. The van der Waals surface area contributed by atoms with Crippen LogP contribution in [0.3, 0.4) is 0 Å². The van der Waals surface area contributed by atoms with Gasteiger partial charge in [-0.05, 0) is 35.0 Å². The summed E-state index contributed by atoms with van der Waals surface area (Å²) in [6, 6.07) is 18.4. The number of rotatable bonds is 0. The second-order valence-electron chi connectivity index (χ2n) is 6.28. The van der Waals surface area contributed by atoms with Crippen molar-refractivity contribution in [1.82, 2.24) is 0 Å². The van der Waals surface area contributed by atoms with E-state index in [4.69, 9.17) is 0 Å². The number of hydrogen-bond acceptors (Lipinski definition) is 4. The van der Waals surface area contributed by atoms with Gasteiger partial charge in [0.1, 0.15) is 0 Å². The van der Waals surface area contributed by atoms with Gasteiger partial charge in [0.05, 0.1) is 0 Å². The third-order valence-electron chi connectivity index (χ3n) is 5.16. The molecule has 7 rings (SSSR count). The fourth-order valence-electron chi connectivity index (χ4n) is 4.21. The first-order chi connectivity index (χ1) is 11.9. The molecule has 0 fully saturated rings. The quantitative estimate of drug-likeness (QED) is 0.142. The van der Waals surface area contributed by atoms with Crippen LogP contribution in [0.15, 0.2) is 48.5 Å². The summed E-state index contributed by atoms with van der Waals surface area (Å²) < 4.78 is 5.67. The molecule has 0 atom stereocenters. The molecule has 5 aromatic carbocycles. The van der Waals surface area contributed by atoms with Crippen LogP contribution >= 0.6 is 41.4 Å². The lowest BCUT2D eigenvalue weighted by molar-refractivity contribution is 1.90. The standard InChI is InChI=1S/C20H8S4/c1-5-11-17-15-9(1)2-6-12-18(15)20-14(24-23-12)8-4-10-3-7-13(22-21-11)19(17)16(10)20/h1-8H. The molecule has 0 nitrogen and oxygen atoms in total. The molecular weight excluding hydrogens is 368 g/mol. The Kier molecular flexibility index (Phi) is 2.15. The summed E-state index contributed by atoms with van der Waals surface area (Å²) in [6.45, 7) is 0. The minimum Gasteiger partial charge on any atom is -0.0794 e. The van der Waals surface area contributed by atoms with Crippen LogP contribution in [0.1, 0.15) is 0 Å². The Balaban J connectivity index is 2.11. The zero-order valence-corrected chi connectivity index (χ0v) is 15.5. The molecular formula is C20H8S4. The van der Waals surface area contributed by atoms with Crippen LogP contribution in [0.4, 0.5) is 0 Å². The van der Waals surface area contributed by atoms with Gasteiger partial charge in [-0.25, -0.2) is 0 Å². The Bertz CT molecular complexity index is 1160. The number of hydrogen-bond donors (Lipinski definition) is 0. The van der Waals surface area contributed by atoms with Gasteiger partial charge in [-0.15, -0.1) is 0 Å². The molecule has 24 heavy (non-hydrogen) atoms. The maximum atomic E-state index is 2.31. The highest BCUT2D eigenvalue weighted by Gasteiger charge is 2.20. The smallest absolute Gasteiger partial charge is 0.0462 e. The van der Waals surface area contributed by atoms with Crippen molar-refractivity contribution in [3.8, 4) is 0 Å². The first kappa shape index (κ1) is 12.6. The van der Waals surface area contributed by atoms with Crippen molar-refractivity contribution in [1.29, 1.82) is 0 Å². The zero-order valence-electron chi connectivity index (χ0n) is 12.3. The van der Waals surface area contributed by atoms with E-state index in [0.717, 1.165) is 0 Å². The predicted octanol–water partition coefficient (Wildman–Crippen LogP) is 8.29. The van der Waals surface area contributed by atoms with Gasteiger partial charge in [0.15, 0.2) is 0 Å². The van der Waals surface area contributed by atoms with Crippen LogP contribution in [0.2, 0.25) is 0 Å². The Morgan fingerprint density at radius 3 is 0.917 bits per heavy atom. The number of benzene rings is 5. The Morgan fingerprint density at radius 2 is 0.625 bits per heavy atom. The zero-order chi connectivity index (χ0) is 15.4. The van der Waals surface area contributed by atoms with Gasteiger partial charge in [-0.3, -0.25) is 0 Å². The Hall–Kier alpha value is -1.72. The molecule has 112 valence electrons. The summed E-state index contributed by atoms with van der Waals surface area (Å²) in [5, 5.41) is 11.6. The molecule has 0 aliphatic carbocycles. The van der Waals surface area contributed by atoms with Crippen LogP contribution in [-0.4, -0.2) is 0 Å². The largest absolute Gasteiger partial charge is 0.0794 e. The van der Waals surface area contributed by atoms with Gasteiger partial charge < -0.3 is 0 Å². The van der Waals surface area contributed by atoms with E-state index in [0.29, 0.717) is 0 Å². The molecule has 4 heteroatoms. The van der Waals surface area contributed by atoms with Gasteiger partial charge in [0.25, 0.3) is 0 Å². The fourth-order valence-corrected chi connectivity index (χ4v) is 8.96. The van der Waals surface area contributed by atoms with Gasteiger partial charge >= 0.3 is 0 Å². The van der Waals surface area contributed by atoms with Crippen LogP contribution in [-0.2, 0) is 0 Å². The average Bonchev–Trinajstić information content (AvgIpc) is 2.65. The van der Waals surface area contributed by atoms with E-state index < -0.39 is 0 Å². The van der Waals surface area contributed by atoms with Crippen molar-refractivity contribution in [2.45, 2.75) is 0 Å². The molecule has 0 saturated heterocycles. The van der Waals surface area contributed by atoms with Crippen molar-refractivity contribution in [3.63, 3.8) is 0 Å². The summed E-state index contributed by atoms with van der Waals surface area (Å²) in [4.78, 5) is 0. The van der Waals surface area contributed by atoms with E-state index in [2.05, 4.69) is 48.5 Å². The first-order valence-electron chi connectivity index (χ1n) is 7.79.